The maximum absolute atomic E-state index is 6.24. The average molecular weight is 273 g/mol. The number of thiazole rings is 1. The quantitative estimate of drug-likeness (QED) is 0.779. The van der Waals surface area contributed by atoms with Crippen molar-refractivity contribution >= 4 is 22.1 Å². The van der Waals surface area contributed by atoms with E-state index in [9.17, 15) is 0 Å². The lowest BCUT2D eigenvalue weighted by molar-refractivity contribution is 0.415. The average Bonchev–Trinajstić information content (AvgIpc) is 2.88. The van der Waals surface area contributed by atoms with Crippen molar-refractivity contribution in [2.75, 3.05) is 12.8 Å². The molecule has 0 aliphatic rings. The van der Waals surface area contributed by atoms with E-state index in [0.717, 1.165) is 27.7 Å². The first-order chi connectivity index (χ1) is 9.11. The number of hydrogen-bond donors (Lipinski definition) is 1. The van der Waals surface area contributed by atoms with Gasteiger partial charge in [-0.1, -0.05) is 12.1 Å². The molecule has 0 fully saturated rings. The highest BCUT2D eigenvalue weighted by atomic mass is 32.1. The zero-order valence-corrected chi connectivity index (χ0v) is 11.9. The molecule has 0 bridgehead atoms. The Morgan fingerprint density at radius 2 is 2.11 bits per heavy atom. The van der Waals surface area contributed by atoms with Crippen molar-refractivity contribution in [1.29, 1.82) is 0 Å². The fraction of sp³-hybridized carbons (Fsp3) is 0.214. The third-order valence-corrected chi connectivity index (χ3v) is 4.37. The summed E-state index contributed by atoms with van der Waals surface area (Å²) in [7, 11) is 1.65. The molecule has 3 rings (SSSR count). The van der Waals surface area contributed by atoms with Gasteiger partial charge < -0.3 is 10.5 Å². The van der Waals surface area contributed by atoms with E-state index in [1.807, 2.05) is 28.7 Å². The molecule has 0 spiro atoms. The standard InChI is InChI=1S/C14H15N3OS/c1-8-9(2)19-14-16-12(13(15)17(8)14)10-5-4-6-11(7-10)18-3/h4-7H,15H2,1-3H3. The number of fused-ring (bicyclic) bond motifs is 1. The molecule has 0 aliphatic carbocycles. The topological polar surface area (TPSA) is 52.5 Å². The summed E-state index contributed by atoms with van der Waals surface area (Å²) in [5.41, 5.74) is 9.18. The highest BCUT2D eigenvalue weighted by molar-refractivity contribution is 7.17. The van der Waals surface area contributed by atoms with Crippen LogP contribution in [0, 0.1) is 13.8 Å². The molecule has 5 heteroatoms. The summed E-state index contributed by atoms with van der Waals surface area (Å²) in [4.78, 5) is 6.82. The molecule has 3 aromatic rings. The van der Waals surface area contributed by atoms with Gasteiger partial charge in [-0.15, -0.1) is 11.3 Å². The predicted octanol–water partition coefficient (Wildman–Crippen LogP) is 3.27. The monoisotopic (exact) mass is 273 g/mol. The Labute approximate surface area is 115 Å². The molecular formula is C14H15N3OS. The minimum absolute atomic E-state index is 0.685. The van der Waals surface area contributed by atoms with Crippen molar-refractivity contribution in [2.45, 2.75) is 13.8 Å². The summed E-state index contributed by atoms with van der Waals surface area (Å²) < 4.78 is 7.25. The molecule has 0 atom stereocenters. The smallest absolute Gasteiger partial charge is 0.196 e. The second kappa shape index (κ2) is 4.28. The number of ether oxygens (including phenoxy) is 1. The number of aromatic nitrogens is 2. The van der Waals surface area contributed by atoms with Gasteiger partial charge in [0.2, 0.25) is 0 Å². The second-order valence-corrected chi connectivity index (χ2v) is 5.62. The Kier molecular flexibility index (Phi) is 2.71. The van der Waals surface area contributed by atoms with Gasteiger partial charge >= 0.3 is 0 Å². The van der Waals surface area contributed by atoms with Gasteiger partial charge in [-0.05, 0) is 26.0 Å². The minimum atomic E-state index is 0.685. The van der Waals surface area contributed by atoms with Gasteiger partial charge in [0.25, 0.3) is 0 Å². The zero-order chi connectivity index (χ0) is 13.6. The van der Waals surface area contributed by atoms with Crippen LogP contribution in [0.2, 0.25) is 0 Å². The summed E-state index contributed by atoms with van der Waals surface area (Å²) in [6, 6.07) is 7.80. The second-order valence-electron chi connectivity index (χ2n) is 4.44. The maximum atomic E-state index is 6.24. The Morgan fingerprint density at radius 3 is 2.79 bits per heavy atom. The first-order valence-corrected chi connectivity index (χ1v) is 6.82. The van der Waals surface area contributed by atoms with E-state index in [0.29, 0.717) is 5.82 Å². The Morgan fingerprint density at radius 1 is 1.32 bits per heavy atom. The molecule has 0 radical (unpaired) electrons. The number of benzene rings is 1. The van der Waals surface area contributed by atoms with Crippen LogP contribution in [-0.4, -0.2) is 16.5 Å². The molecule has 1 aromatic carbocycles. The lowest BCUT2D eigenvalue weighted by Gasteiger charge is -2.03. The van der Waals surface area contributed by atoms with E-state index < -0.39 is 0 Å². The van der Waals surface area contributed by atoms with E-state index in [1.54, 1.807) is 18.4 Å². The van der Waals surface area contributed by atoms with E-state index in [4.69, 9.17) is 10.5 Å². The number of anilines is 1. The molecule has 2 aromatic heterocycles. The summed E-state index contributed by atoms with van der Waals surface area (Å²) in [5, 5.41) is 0. The largest absolute Gasteiger partial charge is 0.497 e. The van der Waals surface area contributed by atoms with E-state index in [-0.39, 0.29) is 0 Å². The van der Waals surface area contributed by atoms with Crippen molar-refractivity contribution in [3.63, 3.8) is 0 Å². The van der Waals surface area contributed by atoms with Crippen molar-refractivity contribution in [2.24, 2.45) is 0 Å². The molecule has 0 saturated carbocycles. The number of rotatable bonds is 2. The van der Waals surface area contributed by atoms with Gasteiger partial charge in [0.15, 0.2) is 4.96 Å². The van der Waals surface area contributed by atoms with Gasteiger partial charge in [-0.2, -0.15) is 0 Å². The zero-order valence-electron chi connectivity index (χ0n) is 11.1. The third kappa shape index (κ3) is 1.77. The third-order valence-electron chi connectivity index (χ3n) is 3.31. The highest BCUT2D eigenvalue weighted by Gasteiger charge is 2.16. The molecule has 98 valence electrons. The summed E-state index contributed by atoms with van der Waals surface area (Å²) in [6.45, 7) is 4.14. The van der Waals surface area contributed by atoms with Gasteiger partial charge in [-0.3, -0.25) is 4.40 Å². The first kappa shape index (κ1) is 12.0. The molecule has 0 saturated heterocycles. The fourth-order valence-corrected chi connectivity index (χ4v) is 3.13. The van der Waals surface area contributed by atoms with Crippen LogP contribution in [-0.2, 0) is 0 Å². The van der Waals surface area contributed by atoms with Crippen molar-refractivity contribution in [3.8, 4) is 17.0 Å². The maximum Gasteiger partial charge on any atom is 0.196 e. The molecule has 19 heavy (non-hydrogen) atoms. The van der Waals surface area contributed by atoms with Gasteiger partial charge in [0.1, 0.15) is 17.3 Å². The molecule has 4 nitrogen and oxygen atoms in total. The van der Waals surface area contributed by atoms with Crippen molar-refractivity contribution < 1.29 is 4.74 Å². The molecule has 0 unspecified atom stereocenters. The normalized spacial score (nSPS) is 11.1. The number of imidazole rings is 1. The Hall–Kier alpha value is -2.01. The van der Waals surface area contributed by atoms with E-state index >= 15 is 0 Å². The first-order valence-electron chi connectivity index (χ1n) is 6.00. The molecule has 2 heterocycles. The Bertz CT molecular complexity index is 757. The van der Waals surface area contributed by atoms with Crippen LogP contribution in [0.3, 0.4) is 0 Å². The van der Waals surface area contributed by atoms with Gasteiger partial charge in [0, 0.05) is 16.1 Å². The lowest BCUT2D eigenvalue weighted by Crippen LogP contribution is -1.95. The van der Waals surface area contributed by atoms with E-state index in [2.05, 4.69) is 18.8 Å². The van der Waals surface area contributed by atoms with Gasteiger partial charge in [0.05, 0.1) is 7.11 Å². The molecule has 0 aliphatic heterocycles. The van der Waals surface area contributed by atoms with Crippen LogP contribution in [0.5, 0.6) is 5.75 Å². The SMILES string of the molecule is COc1cccc(-c2nc3sc(C)c(C)n3c2N)c1. The van der Waals surface area contributed by atoms with Crippen molar-refractivity contribution in [3.05, 3.63) is 34.8 Å². The summed E-state index contributed by atoms with van der Waals surface area (Å²) in [5.74, 6) is 1.49. The highest BCUT2D eigenvalue weighted by Crippen LogP contribution is 2.33. The summed E-state index contributed by atoms with van der Waals surface area (Å²) in [6.07, 6.45) is 0. The number of nitrogen functional groups attached to an aromatic ring is 1. The van der Waals surface area contributed by atoms with Crippen LogP contribution < -0.4 is 10.5 Å². The number of methoxy groups -OCH3 is 1. The lowest BCUT2D eigenvalue weighted by atomic mass is 10.1. The van der Waals surface area contributed by atoms with Crippen molar-refractivity contribution in [1.82, 2.24) is 9.38 Å². The number of hydrogen-bond acceptors (Lipinski definition) is 4. The number of aryl methyl sites for hydroxylation is 2. The number of nitrogens with two attached hydrogens (primary N) is 1. The molecule has 0 amide bonds. The van der Waals surface area contributed by atoms with E-state index in [1.165, 1.54) is 4.88 Å². The van der Waals surface area contributed by atoms with Gasteiger partial charge in [-0.25, -0.2) is 4.98 Å². The van der Waals surface area contributed by atoms with Crippen LogP contribution >= 0.6 is 11.3 Å². The van der Waals surface area contributed by atoms with Crippen LogP contribution in [0.1, 0.15) is 10.6 Å². The Balaban J connectivity index is 2.22. The fourth-order valence-electron chi connectivity index (χ4n) is 2.16. The van der Waals surface area contributed by atoms with Crippen LogP contribution in [0.4, 0.5) is 5.82 Å². The van der Waals surface area contributed by atoms with Crippen LogP contribution in [0.25, 0.3) is 16.2 Å². The predicted molar refractivity (Wildman–Crippen MR) is 78.9 cm³/mol. The minimum Gasteiger partial charge on any atom is -0.497 e. The van der Waals surface area contributed by atoms with Crippen LogP contribution in [0.15, 0.2) is 24.3 Å². The molecule has 2 N–H and O–H groups in total. The number of nitrogens with zero attached hydrogens (tertiary/aromatic N) is 2. The summed E-state index contributed by atoms with van der Waals surface area (Å²) >= 11 is 1.66. The molecular weight excluding hydrogens is 258 g/mol.